The van der Waals surface area contributed by atoms with E-state index in [0.29, 0.717) is 19.6 Å². The molecule has 0 aliphatic carbocycles. The average molecular weight is 343 g/mol. The predicted octanol–water partition coefficient (Wildman–Crippen LogP) is 2.34. The summed E-state index contributed by atoms with van der Waals surface area (Å²) in [6.45, 7) is 5.07. The van der Waals surface area contributed by atoms with Gasteiger partial charge in [-0.05, 0) is 50.3 Å². The van der Waals surface area contributed by atoms with Crippen molar-refractivity contribution in [3.05, 3.63) is 40.7 Å². The number of aromatic amines is 1. The van der Waals surface area contributed by atoms with Gasteiger partial charge in [-0.3, -0.25) is 9.89 Å². The van der Waals surface area contributed by atoms with Crippen LogP contribution in [0.1, 0.15) is 28.9 Å². The Bertz CT molecular complexity index is 735. The Labute approximate surface area is 147 Å². The molecule has 3 rings (SSSR count). The number of methoxy groups -OCH3 is 1. The number of rotatable bonds is 6. The lowest BCUT2D eigenvalue weighted by molar-refractivity contribution is -0.126. The lowest BCUT2D eigenvalue weighted by Crippen LogP contribution is -2.37. The van der Waals surface area contributed by atoms with Crippen LogP contribution < -0.4 is 14.8 Å². The molecule has 6 heteroatoms. The molecule has 1 aliphatic rings. The smallest absolute Gasteiger partial charge is 0.226 e. The van der Waals surface area contributed by atoms with Gasteiger partial charge in [0.15, 0.2) is 11.5 Å². The summed E-state index contributed by atoms with van der Waals surface area (Å²) in [5.74, 6) is 1.38. The number of aryl methyl sites for hydroxylation is 2. The number of carbonyl (C=O) groups is 1. The number of ether oxygens (including phenoxy) is 2. The van der Waals surface area contributed by atoms with E-state index in [9.17, 15) is 4.79 Å². The number of aromatic nitrogens is 2. The molecule has 0 bridgehead atoms. The van der Waals surface area contributed by atoms with Crippen LogP contribution in [0.5, 0.6) is 11.5 Å². The average Bonchev–Trinajstić information content (AvgIpc) is 2.95. The molecule has 1 aromatic carbocycles. The van der Waals surface area contributed by atoms with E-state index < -0.39 is 0 Å². The van der Waals surface area contributed by atoms with Crippen LogP contribution in [0.3, 0.4) is 0 Å². The van der Waals surface area contributed by atoms with Crippen molar-refractivity contribution in [2.75, 3.05) is 20.3 Å². The summed E-state index contributed by atoms with van der Waals surface area (Å²) in [5, 5.41) is 10.2. The quantitative estimate of drug-likeness (QED) is 0.790. The topological polar surface area (TPSA) is 76.2 Å². The van der Waals surface area contributed by atoms with E-state index in [-0.39, 0.29) is 11.8 Å². The minimum absolute atomic E-state index is 0.0501. The molecule has 2 heterocycles. The van der Waals surface area contributed by atoms with Crippen LogP contribution in [0, 0.1) is 19.8 Å². The molecule has 0 radical (unpaired) electrons. The third-order valence-electron chi connectivity index (χ3n) is 4.73. The van der Waals surface area contributed by atoms with Crippen LogP contribution in [-0.2, 0) is 17.6 Å². The molecule has 0 fully saturated rings. The number of fused-ring (bicyclic) bond motifs is 1. The lowest BCUT2D eigenvalue weighted by Gasteiger charge is -2.25. The van der Waals surface area contributed by atoms with Crippen molar-refractivity contribution in [3.8, 4) is 11.5 Å². The zero-order chi connectivity index (χ0) is 17.8. The normalized spacial score (nSPS) is 16.0. The molecule has 1 atom stereocenters. The lowest BCUT2D eigenvalue weighted by atomic mass is 9.95. The van der Waals surface area contributed by atoms with E-state index in [4.69, 9.17) is 9.47 Å². The number of amides is 1. The van der Waals surface area contributed by atoms with Crippen LogP contribution in [-0.4, -0.2) is 36.4 Å². The predicted molar refractivity (Wildman–Crippen MR) is 95.1 cm³/mol. The monoisotopic (exact) mass is 343 g/mol. The van der Waals surface area contributed by atoms with Crippen molar-refractivity contribution in [1.29, 1.82) is 0 Å². The molecule has 0 saturated heterocycles. The number of hydrogen-bond acceptors (Lipinski definition) is 4. The SMILES string of the molecule is COc1cccc2c1OCC(C(=O)NCCCc1c(C)n[nH]c1C)C2. The maximum absolute atomic E-state index is 12.4. The minimum atomic E-state index is -0.156. The van der Waals surface area contributed by atoms with Gasteiger partial charge in [-0.25, -0.2) is 0 Å². The van der Waals surface area contributed by atoms with E-state index in [1.54, 1.807) is 7.11 Å². The fraction of sp³-hybridized carbons (Fsp3) is 0.474. The van der Waals surface area contributed by atoms with E-state index in [1.807, 2.05) is 32.0 Å². The van der Waals surface area contributed by atoms with Gasteiger partial charge < -0.3 is 14.8 Å². The first-order valence-electron chi connectivity index (χ1n) is 8.67. The van der Waals surface area contributed by atoms with E-state index >= 15 is 0 Å². The molecule has 1 amide bonds. The van der Waals surface area contributed by atoms with Crippen molar-refractivity contribution >= 4 is 5.91 Å². The fourth-order valence-corrected chi connectivity index (χ4v) is 3.29. The summed E-state index contributed by atoms with van der Waals surface area (Å²) in [7, 11) is 1.63. The van der Waals surface area contributed by atoms with E-state index in [0.717, 1.165) is 41.3 Å². The summed E-state index contributed by atoms with van der Waals surface area (Å²) >= 11 is 0. The molecule has 2 aromatic rings. The minimum Gasteiger partial charge on any atom is -0.493 e. The summed E-state index contributed by atoms with van der Waals surface area (Å²) in [6, 6.07) is 5.79. The number of carbonyl (C=O) groups excluding carboxylic acids is 1. The van der Waals surface area contributed by atoms with Gasteiger partial charge in [0, 0.05) is 12.2 Å². The van der Waals surface area contributed by atoms with Gasteiger partial charge in [0.2, 0.25) is 5.91 Å². The number of benzene rings is 1. The third-order valence-corrected chi connectivity index (χ3v) is 4.73. The zero-order valence-corrected chi connectivity index (χ0v) is 15.0. The summed E-state index contributed by atoms with van der Waals surface area (Å²) in [6.07, 6.45) is 2.49. The highest BCUT2D eigenvalue weighted by atomic mass is 16.5. The molecular formula is C19H25N3O3. The molecular weight excluding hydrogens is 318 g/mol. The molecule has 0 saturated carbocycles. The Balaban J connectivity index is 1.49. The second-order valence-electron chi connectivity index (χ2n) is 6.47. The largest absolute Gasteiger partial charge is 0.493 e. The Hall–Kier alpha value is -2.50. The van der Waals surface area contributed by atoms with Crippen LogP contribution in [0.15, 0.2) is 18.2 Å². The molecule has 134 valence electrons. The van der Waals surface area contributed by atoms with Gasteiger partial charge in [0.05, 0.1) is 18.7 Å². The zero-order valence-electron chi connectivity index (χ0n) is 15.0. The van der Waals surface area contributed by atoms with Gasteiger partial charge in [-0.2, -0.15) is 5.10 Å². The molecule has 1 aromatic heterocycles. The Morgan fingerprint density at radius 2 is 2.28 bits per heavy atom. The van der Waals surface area contributed by atoms with Gasteiger partial charge in [0.1, 0.15) is 6.61 Å². The van der Waals surface area contributed by atoms with Gasteiger partial charge in [-0.15, -0.1) is 0 Å². The molecule has 1 unspecified atom stereocenters. The number of nitrogens with one attached hydrogen (secondary N) is 2. The Morgan fingerprint density at radius 3 is 3.00 bits per heavy atom. The maximum Gasteiger partial charge on any atom is 0.226 e. The van der Waals surface area contributed by atoms with E-state index in [1.165, 1.54) is 5.56 Å². The number of H-pyrrole nitrogens is 1. The molecule has 0 spiro atoms. The number of hydrogen-bond donors (Lipinski definition) is 2. The van der Waals surface area contributed by atoms with Crippen LogP contribution in [0.25, 0.3) is 0 Å². The second kappa shape index (κ2) is 7.59. The molecule has 6 nitrogen and oxygen atoms in total. The Kier molecular flexibility index (Phi) is 5.26. The second-order valence-corrected chi connectivity index (χ2v) is 6.47. The van der Waals surface area contributed by atoms with Crippen molar-refractivity contribution < 1.29 is 14.3 Å². The first-order valence-corrected chi connectivity index (χ1v) is 8.67. The van der Waals surface area contributed by atoms with Crippen LogP contribution >= 0.6 is 0 Å². The highest BCUT2D eigenvalue weighted by Gasteiger charge is 2.27. The van der Waals surface area contributed by atoms with Crippen molar-refractivity contribution in [3.63, 3.8) is 0 Å². The van der Waals surface area contributed by atoms with E-state index in [2.05, 4.69) is 15.5 Å². The number of nitrogens with zero attached hydrogens (tertiary/aromatic N) is 1. The fourth-order valence-electron chi connectivity index (χ4n) is 3.29. The van der Waals surface area contributed by atoms with Crippen molar-refractivity contribution in [1.82, 2.24) is 15.5 Å². The maximum atomic E-state index is 12.4. The molecule has 25 heavy (non-hydrogen) atoms. The third kappa shape index (κ3) is 3.78. The van der Waals surface area contributed by atoms with Gasteiger partial charge in [0.25, 0.3) is 0 Å². The molecule has 1 aliphatic heterocycles. The van der Waals surface area contributed by atoms with Crippen LogP contribution in [0.2, 0.25) is 0 Å². The Morgan fingerprint density at radius 1 is 1.44 bits per heavy atom. The van der Waals surface area contributed by atoms with Crippen LogP contribution in [0.4, 0.5) is 0 Å². The summed E-state index contributed by atoms with van der Waals surface area (Å²) in [5.41, 5.74) is 4.41. The van der Waals surface area contributed by atoms with Crippen molar-refractivity contribution in [2.24, 2.45) is 5.92 Å². The summed E-state index contributed by atoms with van der Waals surface area (Å²) < 4.78 is 11.1. The summed E-state index contributed by atoms with van der Waals surface area (Å²) in [4.78, 5) is 12.4. The van der Waals surface area contributed by atoms with Crippen molar-refractivity contribution in [2.45, 2.75) is 33.1 Å². The highest BCUT2D eigenvalue weighted by molar-refractivity contribution is 5.79. The standard InChI is InChI=1S/C19H25N3O3/c1-12-16(13(2)22-21-12)7-5-9-20-19(23)15-10-14-6-4-8-17(24-3)18(14)25-11-15/h4,6,8,15H,5,7,9-11H2,1-3H3,(H,20,23)(H,21,22). The first-order chi connectivity index (χ1) is 12.1. The van der Waals surface area contributed by atoms with Gasteiger partial charge in [-0.1, -0.05) is 12.1 Å². The molecule has 2 N–H and O–H groups in total. The first kappa shape index (κ1) is 17.3. The highest BCUT2D eigenvalue weighted by Crippen LogP contribution is 2.35. The number of para-hydroxylation sites is 1. The van der Waals surface area contributed by atoms with Gasteiger partial charge >= 0.3 is 0 Å².